The Labute approximate surface area is 73.5 Å². The minimum atomic E-state index is -0.556. The number of halogens is 1. The van der Waals surface area contributed by atoms with Gasteiger partial charge >= 0.3 is 0 Å². The van der Waals surface area contributed by atoms with Gasteiger partial charge in [-0.1, -0.05) is 12.8 Å². The van der Waals surface area contributed by atoms with Gasteiger partial charge in [0.25, 0.3) is 0 Å². The van der Waals surface area contributed by atoms with Crippen molar-refractivity contribution in [3.05, 3.63) is 0 Å². The fraction of sp³-hybridized carbons (Fsp3) is 1.00. The molecule has 12 heavy (non-hydrogen) atoms. The van der Waals surface area contributed by atoms with Gasteiger partial charge in [0, 0.05) is 5.54 Å². The summed E-state index contributed by atoms with van der Waals surface area (Å²) >= 11 is 0. The molecule has 2 saturated carbocycles. The normalized spacial score (nSPS) is 39.5. The van der Waals surface area contributed by atoms with E-state index in [1.165, 1.54) is 6.42 Å². The van der Waals surface area contributed by atoms with Crippen LogP contribution in [-0.4, -0.2) is 11.7 Å². The molecular weight excluding hydrogens is 153 g/mol. The lowest BCUT2D eigenvalue weighted by molar-refractivity contribution is 0.148. The third-order valence-electron chi connectivity index (χ3n) is 3.38. The molecule has 2 unspecified atom stereocenters. The number of nitrogens with two attached hydrogens (primary N) is 1. The van der Waals surface area contributed by atoms with E-state index < -0.39 is 6.17 Å². The van der Waals surface area contributed by atoms with E-state index in [-0.39, 0.29) is 11.5 Å². The Hall–Kier alpha value is -0.110. The summed E-state index contributed by atoms with van der Waals surface area (Å²) in [5.74, 6) is 0.284. The molecule has 2 aliphatic carbocycles. The van der Waals surface area contributed by atoms with Crippen molar-refractivity contribution < 1.29 is 4.39 Å². The number of hydrogen-bond donors (Lipinski definition) is 1. The van der Waals surface area contributed by atoms with E-state index in [0.717, 1.165) is 38.5 Å². The summed E-state index contributed by atoms with van der Waals surface area (Å²) in [7, 11) is 0. The molecule has 0 saturated heterocycles. The first-order valence-electron chi connectivity index (χ1n) is 5.13. The van der Waals surface area contributed by atoms with Gasteiger partial charge in [0.15, 0.2) is 0 Å². The van der Waals surface area contributed by atoms with Crippen LogP contribution in [0.25, 0.3) is 0 Å². The summed E-state index contributed by atoms with van der Waals surface area (Å²) in [5, 5.41) is 0. The molecule has 2 rings (SSSR count). The highest BCUT2D eigenvalue weighted by atomic mass is 19.1. The van der Waals surface area contributed by atoms with Gasteiger partial charge in [0.2, 0.25) is 0 Å². The molecule has 0 aromatic rings. The third-order valence-corrected chi connectivity index (χ3v) is 3.38. The standard InChI is InChI=1S/C10H18FN/c11-9-4-2-1-3-8(9)7-10(12)5-6-10/h8-9H,1-7,12H2. The summed E-state index contributed by atoms with van der Waals surface area (Å²) < 4.78 is 13.4. The molecule has 2 fully saturated rings. The zero-order chi connectivity index (χ0) is 8.60. The molecule has 2 heteroatoms. The first-order chi connectivity index (χ1) is 5.70. The summed E-state index contributed by atoms with van der Waals surface area (Å²) in [6.07, 6.45) is 6.76. The summed E-state index contributed by atoms with van der Waals surface area (Å²) in [5.41, 5.74) is 6.02. The van der Waals surface area contributed by atoms with Crippen LogP contribution in [0.5, 0.6) is 0 Å². The van der Waals surface area contributed by atoms with Crippen molar-refractivity contribution in [3.8, 4) is 0 Å². The molecular formula is C10H18FN. The first-order valence-corrected chi connectivity index (χ1v) is 5.13. The van der Waals surface area contributed by atoms with Crippen molar-refractivity contribution in [2.75, 3.05) is 0 Å². The Kier molecular flexibility index (Phi) is 2.11. The van der Waals surface area contributed by atoms with Crippen molar-refractivity contribution in [3.63, 3.8) is 0 Å². The molecule has 0 amide bonds. The highest BCUT2D eigenvalue weighted by Crippen LogP contribution is 2.42. The van der Waals surface area contributed by atoms with Crippen LogP contribution in [0.15, 0.2) is 0 Å². The molecule has 2 N–H and O–H groups in total. The Morgan fingerprint density at radius 2 is 1.92 bits per heavy atom. The largest absolute Gasteiger partial charge is 0.325 e. The first kappa shape index (κ1) is 8.49. The molecule has 0 aromatic carbocycles. The SMILES string of the molecule is NC1(CC2CCCCC2F)CC1. The van der Waals surface area contributed by atoms with Crippen LogP contribution < -0.4 is 5.73 Å². The topological polar surface area (TPSA) is 26.0 Å². The van der Waals surface area contributed by atoms with Gasteiger partial charge in [0.1, 0.15) is 6.17 Å². The van der Waals surface area contributed by atoms with E-state index in [1.807, 2.05) is 0 Å². The van der Waals surface area contributed by atoms with Gasteiger partial charge in [-0.05, 0) is 38.0 Å². The van der Waals surface area contributed by atoms with E-state index in [9.17, 15) is 4.39 Å². The second-order valence-corrected chi connectivity index (χ2v) is 4.63. The molecule has 2 atom stereocenters. The lowest BCUT2D eigenvalue weighted by Crippen LogP contribution is -2.31. The van der Waals surface area contributed by atoms with Gasteiger partial charge in [-0.2, -0.15) is 0 Å². The van der Waals surface area contributed by atoms with Gasteiger partial charge in [-0.25, -0.2) is 4.39 Å². The molecule has 0 aromatic heterocycles. The summed E-state index contributed by atoms with van der Waals surface area (Å²) in [6, 6.07) is 0. The summed E-state index contributed by atoms with van der Waals surface area (Å²) in [6.45, 7) is 0. The van der Waals surface area contributed by atoms with E-state index in [1.54, 1.807) is 0 Å². The van der Waals surface area contributed by atoms with Crippen molar-refractivity contribution in [2.24, 2.45) is 11.7 Å². The number of rotatable bonds is 2. The minimum absolute atomic E-state index is 0.0480. The number of alkyl halides is 1. The molecule has 0 radical (unpaired) electrons. The van der Waals surface area contributed by atoms with Crippen LogP contribution in [0.3, 0.4) is 0 Å². The zero-order valence-corrected chi connectivity index (χ0v) is 7.56. The average Bonchev–Trinajstić information content (AvgIpc) is 2.74. The van der Waals surface area contributed by atoms with Crippen LogP contribution >= 0.6 is 0 Å². The third kappa shape index (κ3) is 1.79. The molecule has 0 spiro atoms. The zero-order valence-electron chi connectivity index (χ0n) is 7.56. The highest BCUT2D eigenvalue weighted by Gasteiger charge is 2.42. The second kappa shape index (κ2) is 2.99. The predicted octanol–water partition coefficient (Wildman–Crippen LogP) is 2.40. The van der Waals surface area contributed by atoms with Crippen molar-refractivity contribution in [1.29, 1.82) is 0 Å². The molecule has 1 nitrogen and oxygen atoms in total. The smallest absolute Gasteiger partial charge is 0.103 e. The van der Waals surface area contributed by atoms with E-state index in [4.69, 9.17) is 5.73 Å². The molecule has 0 heterocycles. The lowest BCUT2D eigenvalue weighted by atomic mass is 9.83. The van der Waals surface area contributed by atoms with Crippen molar-refractivity contribution in [2.45, 2.75) is 56.7 Å². The molecule has 70 valence electrons. The van der Waals surface area contributed by atoms with Crippen molar-refractivity contribution >= 4 is 0 Å². The van der Waals surface area contributed by atoms with Crippen LogP contribution in [0.2, 0.25) is 0 Å². The monoisotopic (exact) mass is 171 g/mol. The number of hydrogen-bond acceptors (Lipinski definition) is 1. The molecule has 0 aliphatic heterocycles. The van der Waals surface area contributed by atoms with Gasteiger partial charge in [-0.15, -0.1) is 0 Å². The maximum absolute atomic E-state index is 13.4. The minimum Gasteiger partial charge on any atom is -0.325 e. The molecule has 2 aliphatic rings. The van der Waals surface area contributed by atoms with Crippen molar-refractivity contribution in [1.82, 2.24) is 0 Å². The second-order valence-electron chi connectivity index (χ2n) is 4.63. The van der Waals surface area contributed by atoms with Crippen LogP contribution in [-0.2, 0) is 0 Å². The van der Waals surface area contributed by atoms with Crippen LogP contribution in [0.4, 0.5) is 4.39 Å². The maximum atomic E-state index is 13.4. The predicted molar refractivity (Wildman–Crippen MR) is 47.6 cm³/mol. The maximum Gasteiger partial charge on any atom is 0.103 e. The highest BCUT2D eigenvalue weighted by molar-refractivity contribution is 5.01. The molecule has 0 bridgehead atoms. The van der Waals surface area contributed by atoms with E-state index in [2.05, 4.69) is 0 Å². The Balaban J connectivity index is 1.84. The van der Waals surface area contributed by atoms with Gasteiger partial charge in [0.05, 0.1) is 0 Å². The Morgan fingerprint density at radius 1 is 1.25 bits per heavy atom. The van der Waals surface area contributed by atoms with Gasteiger partial charge in [-0.3, -0.25) is 0 Å². The average molecular weight is 171 g/mol. The fourth-order valence-corrected chi connectivity index (χ4v) is 2.28. The van der Waals surface area contributed by atoms with Crippen LogP contribution in [0.1, 0.15) is 44.9 Å². The van der Waals surface area contributed by atoms with Gasteiger partial charge < -0.3 is 5.73 Å². The lowest BCUT2D eigenvalue weighted by Gasteiger charge is -2.27. The Bertz CT molecular complexity index is 165. The Morgan fingerprint density at radius 3 is 2.50 bits per heavy atom. The fourth-order valence-electron chi connectivity index (χ4n) is 2.28. The quantitative estimate of drug-likeness (QED) is 0.678. The van der Waals surface area contributed by atoms with E-state index >= 15 is 0 Å². The van der Waals surface area contributed by atoms with E-state index in [0.29, 0.717) is 0 Å². The summed E-state index contributed by atoms with van der Waals surface area (Å²) in [4.78, 5) is 0. The van der Waals surface area contributed by atoms with Crippen LogP contribution in [0, 0.1) is 5.92 Å².